The smallest absolute Gasteiger partial charge is 0.408 e. The molecule has 0 fully saturated rings. The minimum absolute atomic E-state index is 0.0122. The maximum atomic E-state index is 11.9. The molecule has 7 N–H and O–H groups in total. The Morgan fingerprint density at radius 3 is 2.53 bits per heavy atom. The molecule has 34 heavy (non-hydrogen) atoms. The third-order valence-electron chi connectivity index (χ3n) is 4.55. The summed E-state index contributed by atoms with van der Waals surface area (Å²) in [6.45, 7) is 2.21. The van der Waals surface area contributed by atoms with Crippen molar-refractivity contribution in [3.8, 4) is 0 Å². The largest absolute Gasteiger partial charge is 0.480 e. The highest BCUT2D eigenvalue weighted by molar-refractivity contribution is 5.82. The summed E-state index contributed by atoms with van der Waals surface area (Å²) in [6.07, 6.45) is 0.0558. The SMILES string of the molecule is O=C(CCCNC1=NCCN1)NCCNC(=O)NC[C@H](NC(=O)OCc1ccccc1)C(=O)O. The summed E-state index contributed by atoms with van der Waals surface area (Å²) in [6, 6.07) is 6.92. The van der Waals surface area contributed by atoms with Crippen molar-refractivity contribution < 1.29 is 29.0 Å². The average molecular weight is 478 g/mol. The zero-order valence-electron chi connectivity index (χ0n) is 18.8. The maximum absolute atomic E-state index is 11.9. The lowest BCUT2D eigenvalue weighted by Gasteiger charge is -2.16. The summed E-state index contributed by atoms with van der Waals surface area (Å²) >= 11 is 0. The lowest BCUT2D eigenvalue weighted by atomic mass is 10.2. The summed E-state index contributed by atoms with van der Waals surface area (Å²) in [5.41, 5.74) is 0.752. The standard InChI is InChI=1S/C21H31N7O6/c29-17(7-4-8-23-19-24-10-11-25-19)22-9-12-26-20(32)27-13-16(18(30)31)28-21(33)34-14-15-5-2-1-3-6-15/h1-3,5-6,16H,4,7-14H2,(H,22,29)(H,28,33)(H,30,31)(H2,23,24,25)(H2,26,27,32)/t16-/m0/s1. The van der Waals surface area contributed by atoms with E-state index in [1.165, 1.54) is 0 Å². The Bertz CT molecular complexity index is 849. The van der Waals surface area contributed by atoms with Gasteiger partial charge in [0.25, 0.3) is 0 Å². The van der Waals surface area contributed by atoms with E-state index in [4.69, 9.17) is 4.74 Å². The topological polar surface area (TPSA) is 182 Å². The van der Waals surface area contributed by atoms with Gasteiger partial charge in [0.15, 0.2) is 5.96 Å². The van der Waals surface area contributed by atoms with Crippen molar-refractivity contribution in [2.45, 2.75) is 25.5 Å². The van der Waals surface area contributed by atoms with Crippen LogP contribution in [0.1, 0.15) is 18.4 Å². The first-order chi connectivity index (χ1) is 16.4. The molecule has 1 heterocycles. The fourth-order valence-corrected chi connectivity index (χ4v) is 2.80. The van der Waals surface area contributed by atoms with Crippen LogP contribution in [0, 0.1) is 0 Å². The van der Waals surface area contributed by atoms with Crippen LogP contribution in [-0.4, -0.2) is 80.4 Å². The van der Waals surface area contributed by atoms with Crippen molar-refractivity contribution in [2.75, 3.05) is 39.3 Å². The molecule has 0 unspecified atom stereocenters. The lowest BCUT2D eigenvalue weighted by molar-refractivity contribution is -0.139. The number of nitrogens with one attached hydrogen (secondary N) is 6. The lowest BCUT2D eigenvalue weighted by Crippen LogP contribution is -2.50. The first-order valence-corrected chi connectivity index (χ1v) is 10.9. The number of carboxylic acids is 1. The van der Waals surface area contributed by atoms with Crippen LogP contribution in [0.3, 0.4) is 0 Å². The van der Waals surface area contributed by atoms with E-state index in [1.807, 2.05) is 6.07 Å². The highest BCUT2D eigenvalue weighted by Gasteiger charge is 2.21. The maximum Gasteiger partial charge on any atom is 0.408 e. The molecule has 0 aliphatic carbocycles. The molecule has 1 aromatic carbocycles. The Morgan fingerprint density at radius 1 is 1.06 bits per heavy atom. The third-order valence-corrected chi connectivity index (χ3v) is 4.55. The molecule has 1 aliphatic heterocycles. The van der Waals surface area contributed by atoms with E-state index in [1.54, 1.807) is 24.3 Å². The van der Waals surface area contributed by atoms with Gasteiger partial charge in [0.1, 0.15) is 12.6 Å². The molecule has 2 rings (SSSR count). The third kappa shape index (κ3) is 11.0. The fraction of sp³-hybridized carbons (Fsp3) is 0.476. The molecule has 0 aromatic heterocycles. The zero-order chi connectivity index (χ0) is 24.6. The summed E-state index contributed by atoms with van der Waals surface area (Å²) in [4.78, 5) is 51.0. The first kappa shape index (κ1) is 26.2. The summed E-state index contributed by atoms with van der Waals surface area (Å²) < 4.78 is 4.98. The first-order valence-electron chi connectivity index (χ1n) is 10.9. The van der Waals surface area contributed by atoms with Gasteiger partial charge < -0.3 is 41.7 Å². The molecule has 0 spiro atoms. The van der Waals surface area contributed by atoms with E-state index in [0.29, 0.717) is 19.4 Å². The van der Waals surface area contributed by atoms with Gasteiger partial charge in [-0.2, -0.15) is 0 Å². The number of guanidine groups is 1. The number of carboxylic acid groups (broad SMARTS) is 1. The van der Waals surface area contributed by atoms with Gasteiger partial charge in [0, 0.05) is 32.6 Å². The normalized spacial score (nSPS) is 13.0. The number of aliphatic carboxylic acids is 1. The second-order valence-corrected chi connectivity index (χ2v) is 7.27. The van der Waals surface area contributed by atoms with Gasteiger partial charge >= 0.3 is 18.1 Å². The fourth-order valence-electron chi connectivity index (χ4n) is 2.80. The Hall–Kier alpha value is -4.03. The van der Waals surface area contributed by atoms with Crippen molar-refractivity contribution in [3.05, 3.63) is 35.9 Å². The quantitative estimate of drug-likeness (QED) is 0.179. The van der Waals surface area contributed by atoms with Gasteiger partial charge in [0.05, 0.1) is 13.1 Å². The number of rotatable bonds is 13. The molecule has 1 aromatic rings. The van der Waals surface area contributed by atoms with Crippen LogP contribution in [0.25, 0.3) is 0 Å². The van der Waals surface area contributed by atoms with E-state index in [0.717, 1.165) is 24.6 Å². The Labute approximate surface area is 197 Å². The molecule has 4 amide bonds. The van der Waals surface area contributed by atoms with Gasteiger partial charge in [-0.15, -0.1) is 0 Å². The van der Waals surface area contributed by atoms with Gasteiger partial charge in [-0.05, 0) is 12.0 Å². The van der Waals surface area contributed by atoms with E-state index in [9.17, 15) is 24.3 Å². The van der Waals surface area contributed by atoms with Crippen LogP contribution in [-0.2, 0) is 20.9 Å². The molecule has 0 bridgehead atoms. The summed E-state index contributed by atoms with van der Waals surface area (Å²) in [5.74, 6) is -0.719. The Morgan fingerprint density at radius 2 is 1.82 bits per heavy atom. The number of ether oxygens (including phenoxy) is 1. The van der Waals surface area contributed by atoms with E-state index < -0.39 is 24.1 Å². The number of benzene rings is 1. The molecule has 1 aliphatic rings. The van der Waals surface area contributed by atoms with Crippen molar-refractivity contribution in [1.82, 2.24) is 31.9 Å². The predicted octanol–water partition coefficient (Wildman–Crippen LogP) is -0.890. The predicted molar refractivity (Wildman–Crippen MR) is 123 cm³/mol. The number of alkyl carbamates (subject to hydrolysis) is 1. The zero-order valence-corrected chi connectivity index (χ0v) is 18.8. The van der Waals surface area contributed by atoms with Crippen LogP contribution >= 0.6 is 0 Å². The molecule has 0 saturated carbocycles. The van der Waals surface area contributed by atoms with Gasteiger partial charge in [-0.3, -0.25) is 9.79 Å². The Balaban J connectivity index is 1.53. The molecule has 1 atom stereocenters. The minimum Gasteiger partial charge on any atom is -0.480 e. The average Bonchev–Trinajstić information content (AvgIpc) is 3.35. The van der Waals surface area contributed by atoms with Crippen molar-refractivity contribution in [1.29, 1.82) is 0 Å². The van der Waals surface area contributed by atoms with Crippen LogP contribution in [0.2, 0.25) is 0 Å². The number of carbonyl (C=O) groups is 4. The summed E-state index contributed by atoms with van der Waals surface area (Å²) in [5, 5.41) is 25.1. The number of amides is 4. The van der Waals surface area contributed by atoms with Crippen LogP contribution in [0.4, 0.5) is 9.59 Å². The number of hydrogen-bond donors (Lipinski definition) is 7. The van der Waals surface area contributed by atoms with Gasteiger partial charge in [0.2, 0.25) is 5.91 Å². The van der Waals surface area contributed by atoms with Crippen LogP contribution in [0.15, 0.2) is 35.3 Å². The monoisotopic (exact) mass is 477 g/mol. The minimum atomic E-state index is -1.37. The second kappa shape index (κ2) is 14.9. The highest BCUT2D eigenvalue weighted by atomic mass is 16.5. The van der Waals surface area contributed by atoms with Gasteiger partial charge in [-0.25, -0.2) is 14.4 Å². The van der Waals surface area contributed by atoms with Crippen LogP contribution < -0.4 is 31.9 Å². The number of carbonyl (C=O) groups excluding carboxylic acids is 3. The molecular weight excluding hydrogens is 446 g/mol. The molecule has 13 nitrogen and oxygen atoms in total. The number of hydrogen-bond acceptors (Lipinski definition) is 8. The second-order valence-electron chi connectivity index (χ2n) is 7.27. The Kier molecular flexibility index (Phi) is 11.5. The van der Waals surface area contributed by atoms with Crippen molar-refractivity contribution in [3.63, 3.8) is 0 Å². The van der Waals surface area contributed by atoms with Crippen molar-refractivity contribution in [2.24, 2.45) is 4.99 Å². The highest BCUT2D eigenvalue weighted by Crippen LogP contribution is 2.00. The van der Waals surface area contributed by atoms with Gasteiger partial charge in [-0.1, -0.05) is 30.3 Å². The molecular formula is C21H31N7O6. The molecule has 13 heteroatoms. The number of aliphatic imine (C=N–C) groups is 1. The summed E-state index contributed by atoms with van der Waals surface area (Å²) in [7, 11) is 0. The molecule has 0 saturated heterocycles. The van der Waals surface area contributed by atoms with E-state index >= 15 is 0 Å². The van der Waals surface area contributed by atoms with Crippen molar-refractivity contribution >= 4 is 30.0 Å². The van der Waals surface area contributed by atoms with Crippen LogP contribution in [0.5, 0.6) is 0 Å². The number of nitrogens with zero attached hydrogens (tertiary/aromatic N) is 1. The van der Waals surface area contributed by atoms with E-state index in [2.05, 4.69) is 36.9 Å². The van der Waals surface area contributed by atoms with E-state index in [-0.39, 0.29) is 32.1 Å². The molecule has 0 radical (unpaired) electrons. The molecule has 186 valence electrons. The number of urea groups is 1.